The van der Waals surface area contributed by atoms with Crippen LogP contribution in [0.5, 0.6) is 0 Å². The smallest absolute Gasteiger partial charge is 0.0978 e. The average Bonchev–Trinajstić information content (AvgIpc) is 2.34. The van der Waals surface area contributed by atoms with Crippen LogP contribution in [0, 0.1) is 23.7 Å². The summed E-state index contributed by atoms with van der Waals surface area (Å²) < 4.78 is 0. The molecule has 0 spiro atoms. The second-order valence-electron chi connectivity index (χ2n) is 4.27. The number of hydrogen-bond acceptors (Lipinski definition) is 3. The van der Waals surface area contributed by atoms with E-state index in [2.05, 4.69) is 28.7 Å². The van der Waals surface area contributed by atoms with E-state index in [9.17, 15) is 0 Å². The minimum atomic E-state index is 0.111. The molecule has 16 heavy (non-hydrogen) atoms. The van der Waals surface area contributed by atoms with Crippen molar-refractivity contribution in [3.8, 4) is 18.4 Å². The predicted octanol–water partition coefficient (Wildman–Crippen LogP) is 1.32. The molecule has 0 radical (unpaired) electrons. The first kappa shape index (κ1) is 13.0. The topological polar surface area (TPSA) is 30.3 Å². The molecule has 1 unspecified atom stereocenters. The quantitative estimate of drug-likeness (QED) is 0.653. The van der Waals surface area contributed by atoms with Crippen molar-refractivity contribution in [1.82, 2.24) is 9.80 Å². The fourth-order valence-electron chi connectivity index (χ4n) is 2.12. The summed E-state index contributed by atoms with van der Waals surface area (Å²) in [5, 5.41) is 9.08. The van der Waals surface area contributed by atoms with Gasteiger partial charge in [0.05, 0.1) is 12.1 Å². The number of terminal acetylenes is 1. The summed E-state index contributed by atoms with van der Waals surface area (Å²) in [7, 11) is 0. The van der Waals surface area contributed by atoms with Crippen LogP contribution in [-0.4, -0.2) is 48.6 Å². The van der Waals surface area contributed by atoms with Crippen LogP contribution in [0.25, 0.3) is 0 Å². The molecule has 3 heteroatoms. The first-order chi connectivity index (χ1) is 7.81. The number of rotatable bonds is 5. The van der Waals surface area contributed by atoms with Crippen LogP contribution in [0.2, 0.25) is 0 Å². The first-order valence-electron chi connectivity index (χ1n) is 6.11. The monoisotopic (exact) mass is 219 g/mol. The van der Waals surface area contributed by atoms with Gasteiger partial charge < -0.3 is 0 Å². The van der Waals surface area contributed by atoms with E-state index in [1.165, 1.54) is 0 Å². The van der Waals surface area contributed by atoms with Gasteiger partial charge in [-0.15, -0.1) is 12.3 Å². The molecule has 1 aliphatic rings. The van der Waals surface area contributed by atoms with E-state index in [1.54, 1.807) is 0 Å². The number of nitriles is 1. The van der Waals surface area contributed by atoms with Crippen LogP contribution >= 0.6 is 0 Å². The van der Waals surface area contributed by atoms with Gasteiger partial charge >= 0.3 is 0 Å². The zero-order valence-corrected chi connectivity index (χ0v) is 10.2. The minimum absolute atomic E-state index is 0.111. The van der Waals surface area contributed by atoms with Gasteiger partial charge in [-0.25, -0.2) is 0 Å². The van der Waals surface area contributed by atoms with Gasteiger partial charge in [0.2, 0.25) is 0 Å². The van der Waals surface area contributed by atoms with Gasteiger partial charge in [0.15, 0.2) is 0 Å². The molecule has 1 fully saturated rings. The highest BCUT2D eigenvalue weighted by Crippen LogP contribution is 2.10. The summed E-state index contributed by atoms with van der Waals surface area (Å²) >= 11 is 0. The maximum absolute atomic E-state index is 9.08. The molecule has 88 valence electrons. The third-order valence-electron chi connectivity index (χ3n) is 3.13. The third kappa shape index (κ3) is 3.85. The van der Waals surface area contributed by atoms with Crippen molar-refractivity contribution >= 4 is 0 Å². The highest BCUT2D eigenvalue weighted by Gasteiger charge is 2.22. The van der Waals surface area contributed by atoms with Gasteiger partial charge in [0.1, 0.15) is 0 Å². The fraction of sp³-hybridized carbons (Fsp3) is 0.769. The lowest BCUT2D eigenvalue weighted by Gasteiger charge is -2.36. The van der Waals surface area contributed by atoms with Gasteiger partial charge in [-0.05, 0) is 6.42 Å². The summed E-state index contributed by atoms with van der Waals surface area (Å²) in [6.07, 6.45) is 8.15. The van der Waals surface area contributed by atoms with Crippen molar-refractivity contribution in [2.24, 2.45) is 0 Å². The number of hydrogen-bond donors (Lipinski definition) is 0. The van der Waals surface area contributed by atoms with Crippen molar-refractivity contribution in [2.45, 2.75) is 32.2 Å². The van der Waals surface area contributed by atoms with Crippen molar-refractivity contribution in [1.29, 1.82) is 5.26 Å². The Kier molecular flexibility index (Phi) is 5.93. The van der Waals surface area contributed by atoms with Crippen LogP contribution in [0.4, 0.5) is 0 Å². The van der Waals surface area contributed by atoms with Gasteiger partial charge in [-0.1, -0.05) is 13.3 Å². The molecule has 0 aromatic heterocycles. The maximum Gasteiger partial charge on any atom is 0.0978 e. The Morgan fingerprint density at radius 1 is 1.31 bits per heavy atom. The third-order valence-corrected chi connectivity index (χ3v) is 3.13. The van der Waals surface area contributed by atoms with Crippen LogP contribution in [-0.2, 0) is 0 Å². The lowest BCUT2D eigenvalue weighted by Crippen LogP contribution is -2.50. The fourth-order valence-corrected chi connectivity index (χ4v) is 2.12. The van der Waals surface area contributed by atoms with Gasteiger partial charge in [-0.3, -0.25) is 9.80 Å². The molecule has 1 aliphatic heterocycles. The maximum atomic E-state index is 9.08. The Morgan fingerprint density at radius 2 is 2.00 bits per heavy atom. The Hall–Kier alpha value is -1.03. The summed E-state index contributed by atoms with van der Waals surface area (Å²) in [4.78, 5) is 4.69. The molecule has 1 heterocycles. The molecule has 1 atom stereocenters. The lowest BCUT2D eigenvalue weighted by atomic mass is 10.1. The zero-order chi connectivity index (χ0) is 11.8. The van der Waals surface area contributed by atoms with Crippen molar-refractivity contribution < 1.29 is 0 Å². The Labute approximate surface area is 99.0 Å². The Bertz CT molecular complexity index is 266. The van der Waals surface area contributed by atoms with Crippen molar-refractivity contribution in [3.63, 3.8) is 0 Å². The Morgan fingerprint density at radius 3 is 2.50 bits per heavy atom. The molecule has 3 nitrogen and oxygen atoms in total. The number of piperazine rings is 1. The minimum Gasteiger partial charge on any atom is -0.300 e. The summed E-state index contributed by atoms with van der Waals surface area (Å²) in [6, 6.07) is 2.52. The van der Waals surface area contributed by atoms with Gasteiger partial charge in [0, 0.05) is 39.1 Å². The van der Waals surface area contributed by atoms with Crippen LogP contribution in [0.3, 0.4) is 0 Å². The predicted molar refractivity (Wildman–Crippen MR) is 65.8 cm³/mol. The summed E-state index contributed by atoms with van der Waals surface area (Å²) in [6.45, 7) is 7.22. The normalized spacial score (nSPS) is 19.9. The molecule has 0 bridgehead atoms. The van der Waals surface area contributed by atoms with Gasteiger partial charge in [0.25, 0.3) is 0 Å². The van der Waals surface area contributed by atoms with E-state index in [0.717, 1.165) is 52.0 Å². The van der Waals surface area contributed by atoms with E-state index in [0.29, 0.717) is 0 Å². The molecule has 0 aliphatic carbocycles. The molecular formula is C13H21N3. The average molecular weight is 219 g/mol. The summed E-state index contributed by atoms with van der Waals surface area (Å²) in [5.41, 5.74) is 0. The largest absolute Gasteiger partial charge is 0.300 e. The molecule has 0 aromatic rings. The molecule has 0 amide bonds. The zero-order valence-electron chi connectivity index (χ0n) is 10.2. The Balaban J connectivity index is 2.31. The standard InChI is InChI=1S/C13H21N3/c1-3-5-7-15-8-10-16(11-9-15)13(12-14)6-4-2/h1,13H,4-11H2,2H3. The van der Waals surface area contributed by atoms with E-state index < -0.39 is 0 Å². The molecule has 0 saturated carbocycles. The van der Waals surface area contributed by atoms with Crippen molar-refractivity contribution in [3.05, 3.63) is 0 Å². The second-order valence-corrected chi connectivity index (χ2v) is 4.27. The van der Waals surface area contributed by atoms with Crippen molar-refractivity contribution in [2.75, 3.05) is 32.7 Å². The second kappa shape index (κ2) is 7.28. The van der Waals surface area contributed by atoms with E-state index >= 15 is 0 Å². The van der Waals surface area contributed by atoms with E-state index in [-0.39, 0.29) is 6.04 Å². The molecule has 0 N–H and O–H groups in total. The molecular weight excluding hydrogens is 198 g/mol. The highest BCUT2D eigenvalue weighted by atomic mass is 15.3. The summed E-state index contributed by atoms with van der Waals surface area (Å²) in [5.74, 6) is 2.67. The SMILES string of the molecule is C#CCCN1CCN(C(C#N)CCC)CC1. The molecule has 1 rings (SSSR count). The number of nitrogens with zero attached hydrogens (tertiary/aromatic N) is 3. The van der Waals surface area contributed by atoms with E-state index in [4.69, 9.17) is 11.7 Å². The highest BCUT2D eigenvalue weighted by molar-refractivity contribution is 4.93. The van der Waals surface area contributed by atoms with Crippen LogP contribution < -0.4 is 0 Å². The lowest BCUT2D eigenvalue weighted by molar-refractivity contribution is 0.112. The van der Waals surface area contributed by atoms with Crippen LogP contribution in [0.15, 0.2) is 0 Å². The van der Waals surface area contributed by atoms with Crippen LogP contribution in [0.1, 0.15) is 26.2 Å². The van der Waals surface area contributed by atoms with Gasteiger partial charge in [-0.2, -0.15) is 5.26 Å². The van der Waals surface area contributed by atoms with E-state index in [1.807, 2.05) is 0 Å². The first-order valence-corrected chi connectivity index (χ1v) is 6.11. The molecule has 0 aromatic carbocycles. The molecule has 1 saturated heterocycles.